The molecule has 13 heavy (non-hydrogen) atoms. The summed E-state index contributed by atoms with van der Waals surface area (Å²) < 4.78 is 34.3. The largest absolute Gasteiger partial charge is 0.238 e. The van der Waals surface area contributed by atoms with E-state index in [0.29, 0.717) is 6.07 Å². The van der Waals surface area contributed by atoms with Crippen molar-refractivity contribution in [2.24, 2.45) is 5.14 Å². The van der Waals surface area contributed by atoms with Crippen LogP contribution in [-0.2, 0) is 10.0 Å². The van der Waals surface area contributed by atoms with Crippen LogP contribution in [0.3, 0.4) is 0 Å². The van der Waals surface area contributed by atoms with E-state index in [4.69, 9.17) is 10.4 Å². The van der Waals surface area contributed by atoms with Crippen molar-refractivity contribution in [2.75, 3.05) is 0 Å². The van der Waals surface area contributed by atoms with Crippen molar-refractivity contribution < 1.29 is 12.8 Å². The molecule has 6 heteroatoms. The van der Waals surface area contributed by atoms with E-state index in [1.54, 1.807) is 6.07 Å². The van der Waals surface area contributed by atoms with Gasteiger partial charge < -0.3 is 0 Å². The lowest BCUT2D eigenvalue weighted by Gasteiger charge is -1.98. The van der Waals surface area contributed by atoms with Crippen molar-refractivity contribution in [3.63, 3.8) is 0 Å². The molecule has 0 bridgehead atoms. The number of halogens is 1. The van der Waals surface area contributed by atoms with E-state index >= 15 is 0 Å². The van der Waals surface area contributed by atoms with Gasteiger partial charge in [-0.25, -0.2) is 17.9 Å². The Morgan fingerprint density at radius 3 is 2.46 bits per heavy atom. The van der Waals surface area contributed by atoms with Gasteiger partial charge in [0.2, 0.25) is 10.0 Å². The maximum absolute atomic E-state index is 12.8. The maximum Gasteiger partial charge on any atom is 0.238 e. The van der Waals surface area contributed by atoms with Gasteiger partial charge in [-0.15, -0.1) is 0 Å². The van der Waals surface area contributed by atoms with E-state index in [9.17, 15) is 12.8 Å². The summed E-state index contributed by atoms with van der Waals surface area (Å²) >= 11 is 0. The van der Waals surface area contributed by atoms with E-state index in [0.717, 1.165) is 12.1 Å². The van der Waals surface area contributed by atoms with E-state index in [1.807, 2.05) is 0 Å². The molecule has 1 rings (SSSR count). The van der Waals surface area contributed by atoms with Crippen LogP contribution in [0.2, 0.25) is 0 Å². The molecule has 0 saturated heterocycles. The quantitative estimate of drug-likeness (QED) is 0.709. The second-order valence-corrected chi connectivity index (χ2v) is 3.86. The molecule has 0 heterocycles. The zero-order chi connectivity index (χ0) is 10.1. The molecular formula is C7H5FN2O2S. The predicted octanol–water partition coefficient (Wildman–Crippen LogP) is 0.345. The second-order valence-electron chi connectivity index (χ2n) is 2.30. The van der Waals surface area contributed by atoms with Gasteiger partial charge >= 0.3 is 0 Å². The summed E-state index contributed by atoms with van der Waals surface area (Å²) in [5.74, 6) is -0.894. The van der Waals surface area contributed by atoms with Gasteiger partial charge in [0.25, 0.3) is 0 Å². The van der Waals surface area contributed by atoms with Gasteiger partial charge in [0, 0.05) is 0 Å². The van der Waals surface area contributed by atoms with Crippen molar-refractivity contribution in [3.05, 3.63) is 29.6 Å². The van der Waals surface area contributed by atoms with Crippen molar-refractivity contribution in [1.29, 1.82) is 5.26 Å². The number of sulfonamides is 1. The lowest BCUT2D eigenvalue weighted by molar-refractivity contribution is 0.591. The molecule has 0 atom stereocenters. The Balaban J connectivity index is 3.36. The maximum atomic E-state index is 12.8. The molecule has 0 aliphatic carbocycles. The number of hydrogen-bond donors (Lipinski definition) is 1. The number of primary sulfonamides is 1. The van der Waals surface area contributed by atoms with E-state index in [-0.39, 0.29) is 10.5 Å². The summed E-state index contributed by atoms with van der Waals surface area (Å²) in [5, 5.41) is 13.1. The highest BCUT2D eigenvalue weighted by molar-refractivity contribution is 7.89. The zero-order valence-corrected chi connectivity index (χ0v) is 7.18. The van der Waals surface area contributed by atoms with Gasteiger partial charge in [0.05, 0.1) is 10.5 Å². The minimum absolute atomic E-state index is 0.215. The van der Waals surface area contributed by atoms with E-state index in [2.05, 4.69) is 0 Å². The first-order valence-corrected chi connectivity index (χ1v) is 4.72. The van der Waals surface area contributed by atoms with Crippen LogP contribution in [0.4, 0.5) is 4.39 Å². The van der Waals surface area contributed by atoms with Crippen molar-refractivity contribution in [1.82, 2.24) is 0 Å². The third-order valence-corrected chi connectivity index (χ3v) is 2.30. The second kappa shape index (κ2) is 3.12. The van der Waals surface area contributed by atoms with Crippen LogP contribution < -0.4 is 5.14 Å². The number of rotatable bonds is 1. The molecule has 68 valence electrons. The van der Waals surface area contributed by atoms with Crippen LogP contribution in [-0.4, -0.2) is 8.42 Å². The minimum atomic E-state index is -3.90. The van der Waals surface area contributed by atoms with Crippen LogP contribution in [0, 0.1) is 17.1 Å². The number of nitrogens with two attached hydrogens (primary N) is 1. The summed E-state index contributed by atoms with van der Waals surface area (Å²) in [6.07, 6.45) is 0. The summed E-state index contributed by atoms with van der Waals surface area (Å²) in [5.41, 5.74) is -0.215. The van der Waals surface area contributed by atoms with Crippen LogP contribution >= 0.6 is 0 Å². The Bertz CT molecular complexity index is 476. The standard InChI is InChI=1S/C7H5FN2O2S/c8-7-3-6(13(10,11)12)2-1-5(7)4-9/h1-3H,(H2,10,11,12). The first kappa shape index (κ1) is 9.64. The molecule has 0 saturated carbocycles. The van der Waals surface area contributed by atoms with Crippen molar-refractivity contribution >= 4 is 10.0 Å². The average Bonchev–Trinajstić information content (AvgIpc) is 2.02. The molecule has 0 aliphatic heterocycles. The summed E-state index contributed by atoms with van der Waals surface area (Å²) in [6, 6.07) is 4.42. The highest BCUT2D eigenvalue weighted by atomic mass is 32.2. The van der Waals surface area contributed by atoms with Gasteiger partial charge in [-0.2, -0.15) is 5.26 Å². The smallest absolute Gasteiger partial charge is 0.225 e. The first-order valence-electron chi connectivity index (χ1n) is 3.17. The summed E-state index contributed by atoms with van der Waals surface area (Å²) in [4.78, 5) is -0.344. The lowest BCUT2D eigenvalue weighted by Crippen LogP contribution is -2.12. The number of benzene rings is 1. The van der Waals surface area contributed by atoms with Gasteiger partial charge in [-0.05, 0) is 18.2 Å². The van der Waals surface area contributed by atoms with E-state index in [1.165, 1.54) is 0 Å². The Labute approximate surface area is 74.5 Å². The van der Waals surface area contributed by atoms with Crippen LogP contribution in [0.15, 0.2) is 23.1 Å². The van der Waals surface area contributed by atoms with Crippen molar-refractivity contribution in [3.8, 4) is 6.07 Å². The molecular weight excluding hydrogens is 195 g/mol. The van der Waals surface area contributed by atoms with Gasteiger partial charge in [0.15, 0.2) is 0 Å². The third-order valence-electron chi connectivity index (χ3n) is 1.39. The first-order chi connectivity index (χ1) is 5.95. The fraction of sp³-hybridized carbons (Fsp3) is 0. The summed E-state index contributed by atoms with van der Waals surface area (Å²) in [7, 11) is -3.90. The van der Waals surface area contributed by atoms with Crippen LogP contribution in [0.5, 0.6) is 0 Å². The van der Waals surface area contributed by atoms with Crippen LogP contribution in [0.25, 0.3) is 0 Å². The topological polar surface area (TPSA) is 83.9 Å². The Morgan fingerprint density at radius 1 is 1.46 bits per heavy atom. The Kier molecular flexibility index (Phi) is 2.32. The van der Waals surface area contributed by atoms with Crippen LogP contribution in [0.1, 0.15) is 5.56 Å². The summed E-state index contributed by atoms with van der Waals surface area (Å²) in [6.45, 7) is 0. The third kappa shape index (κ3) is 2.02. The fourth-order valence-electron chi connectivity index (χ4n) is 0.763. The number of nitrogens with zero attached hydrogens (tertiary/aromatic N) is 1. The molecule has 0 unspecified atom stereocenters. The molecule has 0 spiro atoms. The highest BCUT2D eigenvalue weighted by Crippen LogP contribution is 2.12. The Hall–Kier alpha value is -1.45. The fourth-order valence-corrected chi connectivity index (χ4v) is 1.29. The lowest BCUT2D eigenvalue weighted by atomic mass is 10.2. The number of nitriles is 1. The van der Waals surface area contributed by atoms with Gasteiger partial charge in [-0.3, -0.25) is 0 Å². The zero-order valence-electron chi connectivity index (χ0n) is 6.36. The Morgan fingerprint density at radius 2 is 2.08 bits per heavy atom. The molecule has 0 fully saturated rings. The molecule has 1 aromatic carbocycles. The normalized spacial score (nSPS) is 10.8. The molecule has 4 nitrogen and oxygen atoms in total. The molecule has 0 amide bonds. The molecule has 0 aliphatic rings. The predicted molar refractivity (Wildman–Crippen MR) is 42.5 cm³/mol. The average molecular weight is 200 g/mol. The number of hydrogen-bond acceptors (Lipinski definition) is 3. The molecule has 0 aromatic heterocycles. The van der Waals surface area contributed by atoms with Crippen molar-refractivity contribution in [2.45, 2.75) is 4.90 Å². The minimum Gasteiger partial charge on any atom is -0.225 e. The van der Waals surface area contributed by atoms with Gasteiger partial charge in [-0.1, -0.05) is 0 Å². The van der Waals surface area contributed by atoms with E-state index < -0.39 is 15.8 Å². The SMILES string of the molecule is N#Cc1ccc(S(N)(=O)=O)cc1F. The molecule has 2 N–H and O–H groups in total. The van der Waals surface area contributed by atoms with Gasteiger partial charge in [0.1, 0.15) is 11.9 Å². The highest BCUT2D eigenvalue weighted by Gasteiger charge is 2.10. The molecule has 1 aromatic rings. The molecule has 0 radical (unpaired) electrons. The monoisotopic (exact) mass is 200 g/mol.